The first kappa shape index (κ1) is 23.4. The number of thioether (sulfide) groups is 1. The van der Waals surface area contributed by atoms with Crippen LogP contribution in [0.25, 0.3) is 22.4 Å². The molecule has 2 aromatic heterocycles. The molecule has 0 aliphatic rings. The van der Waals surface area contributed by atoms with E-state index >= 15 is 0 Å². The minimum absolute atomic E-state index is 0.0834. The van der Waals surface area contributed by atoms with Crippen LogP contribution in [-0.4, -0.2) is 37.3 Å². The number of benzene rings is 2. The molecule has 4 rings (SSSR count). The number of fused-ring (bicyclic) bond motifs is 1. The number of amides is 1. The zero-order valence-electron chi connectivity index (χ0n) is 19.2. The van der Waals surface area contributed by atoms with E-state index in [-0.39, 0.29) is 22.7 Å². The number of nitrogens with zero attached hydrogens (tertiary/aromatic N) is 4. The molecule has 1 N–H and O–H groups in total. The van der Waals surface area contributed by atoms with Crippen LogP contribution in [0, 0.1) is 6.92 Å². The van der Waals surface area contributed by atoms with E-state index in [4.69, 9.17) is 0 Å². The summed E-state index contributed by atoms with van der Waals surface area (Å²) in [4.78, 5) is 47.2. The highest BCUT2D eigenvalue weighted by Crippen LogP contribution is 2.27. The Hall–Kier alpha value is -3.72. The average Bonchev–Trinajstić information content (AvgIpc) is 2.85. The van der Waals surface area contributed by atoms with Crippen LogP contribution in [0.5, 0.6) is 0 Å². The van der Waals surface area contributed by atoms with Crippen molar-refractivity contribution < 1.29 is 4.79 Å². The highest BCUT2D eigenvalue weighted by molar-refractivity contribution is 8.00. The van der Waals surface area contributed by atoms with Gasteiger partial charge in [-0.15, -0.1) is 0 Å². The van der Waals surface area contributed by atoms with E-state index in [1.807, 2.05) is 61.5 Å². The molecule has 0 aliphatic carbocycles. The van der Waals surface area contributed by atoms with Gasteiger partial charge in [-0.1, -0.05) is 66.4 Å². The minimum atomic E-state index is -0.485. The Bertz CT molecular complexity index is 1480. The number of carbonyl (C=O) groups is 1. The van der Waals surface area contributed by atoms with Gasteiger partial charge in [0.1, 0.15) is 10.4 Å². The Labute approximate surface area is 200 Å². The second-order valence-corrected chi connectivity index (χ2v) is 8.91. The predicted molar refractivity (Wildman–Crippen MR) is 134 cm³/mol. The maximum Gasteiger partial charge on any atom is 0.332 e. The smallest absolute Gasteiger partial charge is 0.332 e. The Morgan fingerprint density at radius 2 is 1.68 bits per heavy atom. The molecule has 2 heterocycles. The molecular formula is C25H25N5O3S. The lowest BCUT2D eigenvalue weighted by atomic mass is 10.1. The van der Waals surface area contributed by atoms with Gasteiger partial charge in [-0.2, -0.15) is 0 Å². The van der Waals surface area contributed by atoms with Crippen molar-refractivity contribution in [2.24, 2.45) is 14.1 Å². The monoisotopic (exact) mass is 475 g/mol. The maximum atomic E-state index is 13.0. The normalized spacial score (nSPS) is 11.0. The van der Waals surface area contributed by atoms with Crippen molar-refractivity contribution in [2.75, 3.05) is 12.3 Å². The minimum Gasteiger partial charge on any atom is -0.355 e. The molecule has 8 nitrogen and oxygen atoms in total. The Morgan fingerprint density at radius 1 is 0.971 bits per heavy atom. The van der Waals surface area contributed by atoms with Gasteiger partial charge in [-0.05, 0) is 24.5 Å². The molecule has 0 atom stereocenters. The lowest BCUT2D eigenvalue weighted by Crippen LogP contribution is -2.37. The van der Waals surface area contributed by atoms with Gasteiger partial charge in [-0.25, -0.2) is 14.8 Å². The zero-order valence-corrected chi connectivity index (χ0v) is 20.1. The summed E-state index contributed by atoms with van der Waals surface area (Å²) in [6.07, 6.45) is 0.730. The van der Waals surface area contributed by atoms with E-state index in [1.165, 1.54) is 11.6 Å². The van der Waals surface area contributed by atoms with Gasteiger partial charge in [0, 0.05) is 26.2 Å². The number of rotatable bonds is 7. The molecule has 0 fully saturated rings. The largest absolute Gasteiger partial charge is 0.355 e. The number of hydrogen-bond acceptors (Lipinski definition) is 6. The summed E-state index contributed by atoms with van der Waals surface area (Å²) >= 11 is 1.16. The lowest BCUT2D eigenvalue weighted by molar-refractivity contribution is -0.118. The molecule has 0 bridgehead atoms. The first-order valence-electron chi connectivity index (χ1n) is 10.8. The second kappa shape index (κ2) is 10.0. The molecule has 0 spiro atoms. The molecule has 0 aliphatic heterocycles. The van der Waals surface area contributed by atoms with Crippen LogP contribution in [0.1, 0.15) is 11.1 Å². The van der Waals surface area contributed by atoms with Crippen molar-refractivity contribution in [3.05, 3.63) is 86.6 Å². The number of nitrogens with one attached hydrogen (secondary N) is 1. The second-order valence-electron chi connectivity index (χ2n) is 7.95. The summed E-state index contributed by atoms with van der Waals surface area (Å²) in [6.45, 7) is 2.46. The van der Waals surface area contributed by atoms with Crippen LogP contribution in [0.4, 0.5) is 0 Å². The summed E-state index contributed by atoms with van der Waals surface area (Å²) in [6, 6.07) is 17.5. The molecule has 174 valence electrons. The quantitative estimate of drug-likeness (QED) is 0.326. The van der Waals surface area contributed by atoms with Gasteiger partial charge in [0.15, 0.2) is 11.5 Å². The van der Waals surface area contributed by atoms with Gasteiger partial charge in [0.2, 0.25) is 5.91 Å². The third-order valence-corrected chi connectivity index (χ3v) is 6.55. The summed E-state index contributed by atoms with van der Waals surface area (Å²) in [5.41, 5.74) is 2.19. The zero-order chi connectivity index (χ0) is 24.2. The topological polar surface area (TPSA) is 98.9 Å². The van der Waals surface area contributed by atoms with Crippen molar-refractivity contribution in [1.29, 1.82) is 0 Å². The molecule has 9 heteroatoms. The molecule has 0 saturated heterocycles. The Kier molecular flexibility index (Phi) is 6.93. The third-order valence-electron chi connectivity index (χ3n) is 5.57. The summed E-state index contributed by atoms with van der Waals surface area (Å²) in [5.74, 6) is 0.327. The molecular weight excluding hydrogens is 450 g/mol. The third kappa shape index (κ3) is 4.79. The SMILES string of the molecule is Cc1ccccc1-c1nc(SCC(=O)NCCc2ccccc2)c2c(=O)n(C)c(=O)n(C)c2n1. The lowest BCUT2D eigenvalue weighted by Gasteiger charge is -2.13. The number of carbonyl (C=O) groups excluding carboxylic acids is 1. The fraction of sp³-hybridized carbons (Fsp3) is 0.240. The highest BCUT2D eigenvalue weighted by Gasteiger charge is 2.19. The Morgan fingerprint density at radius 3 is 2.41 bits per heavy atom. The summed E-state index contributed by atoms with van der Waals surface area (Å²) in [7, 11) is 2.99. The Balaban J connectivity index is 1.65. The molecule has 0 unspecified atom stereocenters. The van der Waals surface area contributed by atoms with Crippen LogP contribution in [0.3, 0.4) is 0 Å². The molecule has 0 saturated carbocycles. The first-order valence-corrected chi connectivity index (χ1v) is 11.8. The molecule has 34 heavy (non-hydrogen) atoms. The van der Waals surface area contributed by atoms with Crippen LogP contribution in [0.15, 0.2) is 69.2 Å². The number of hydrogen-bond donors (Lipinski definition) is 1. The molecule has 1 amide bonds. The van der Waals surface area contributed by atoms with Crippen molar-refractivity contribution in [2.45, 2.75) is 18.4 Å². The fourth-order valence-electron chi connectivity index (χ4n) is 3.65. The van der Waals surface area contributed by atoms with Crippen molar-refractivity contribution in [3.8, 4) is 11.4 Å². The molecule has 0 radical (unpaired) electrons. The van der Waals surface area contributed by atoms with Gasteiger partial charge in [0.25, 0.3) is 5.56 Å². The summed E-state index contributed by atoms with van der Waals surface area (Å²) < 4.78 is 2.37. The van der Waals surface area contributed by atoms with Crippen LogP contribution in [0.2, 0.25) is 0 Å². The van der Waals surface area contributed by atoms with E-state index in [2.05, 4.69) is 15.3 Å². The first-order chi connectivity index (χ1) is 16.4. The number of aromatic nitrogens is 4. The molecule has 4 aromatic rings. The van der Waals surface area contributed by atoms with Crippen molar-refractivity contribution >= 4 is 28.7 Å². The van der Waals surface area contributed by atoms with Gasteiger partial charge in [0.05, 0.1) is 5.75 Å². The van der Waals surface area contributed by atoms with Crippen molar-refractivity contribution in [1.82, 2.24) is 24.4 Å². The van der Waals surface area contributed by atoms with Crippen LogP contribution >= 0.6 is 11.8 Å². The van der Waals surface area contributed by atoms with Gasteiger partial charge >= 0.3 is 5.69 Å². The van der Waals surface area contributed by atoms with E-state index < -0.39 is 11.2 Å². The van der Waals surface area contributed by atoms with Crippen LogP contribution in [-0.2, 0) is 25.3 Å². The van der Waals surface area contributed by atoms with Gasteiger partial charge < -0.3 is 5.32 Å². The molecule has 2 aromatic carbocycles. The highest BCUT2D eigenvalue weighted by atomic mass is 32.2. The van der Waals surface area contributed by atoms with E-state index in [1.54, 1.807) is 7.05 Å². The standard InChI is InChI=1S/C25H25N5O3S/c1-16-9-7-8-12-18(16)21-27-22-20(24(32)30(3)25(33)29(22)2)23(28-21)34-15-19(31)26-14-13-17-10-5-4-6-11-17/h4-12H,13-15H2,1-3H3,(H,26,31). The summed E-state index contributed by atoms with van der Waals surface area (Å²) in [5, 5.41) is 3.51. The maximum absolute atomic E-state index is 13.0. The van der Waals surface area contributed by atoms with Crippen molar-refractivity contribution in [3.63, 3.8) is 0 Å². The average molecular weight is 476 g/mol. The van der Waals surface area contributed by atoms with Gasteiger partial charge in [-0.3, -0.25) is 18.7 Å². The fourth-order valence-corrected chi connectivity index (χ4v) is 4.50. The predicted octanol–water partition coefficient (Wildman–Crippen LogP) is 2.45. The number of aryl methyl sites for hydroxylation is 2. The van der Waals surface area contributed by atoms with E-state index in [0.717, 1.165) is 39.4 Å². The van der Waals surface area contributed by atoms with Crippen LogP contribution < -0.4 is 16.6 Å². The van der Waals surface area contributed by atoms with E-state index in [9.17, 15) is 14.4 Å². The van der Waals surface area contributed by atoms with E-state index in [0.29, 0.717) is 17.4 Å².